The van der Waals surface area contributed by atoms with Crippen LogP contribution in [0.25, 0.3) is 10.9 Å². The lowest BCUT2D eigenvalue weighted by Crippen LogP contribution is -2.45. The van der Waals surface area contributed by atoms with Crippen molar-refractivity contribution in [3.63, 3.8) is 0 Å². The number of hydrogen-bond acceptors (Lipinski definition) is 3. The summed E-state index contributed by atoms with van der Waals surface area (Å²) in [5, 5.41) is 7.01. The lowest BCUT2D eigenvalue weighted by molar-refractivity contribution is 0.201. The van der Waals surface area contributed by atoms with Crippen LogP contribution in [0.1, 0.15) is 22.2 Å². The van der Waals surface area contributed by atoms with E-state index in [2.05, 4.69) is 63.9 Å². The van der Waals surface area contributed by atoms with Gasteiger partial charge in [0.05, 0.1) is 6.04 Å². The maximum atomic E-state index is 3.57. The molecule has 22 heavy (non-hydrogen) atoms. The lowest BCUT2D eigenvalue weighted by Gasteiger charge is -2.35. The number of aromatic amines is 1. The Labute approximate surface area is 135 Å². The normalized spacial score (nSPS) is 17.9. The van der Waals surface area contributed by atoms with E-state index in [0.29, 0.717) is 6.04 Å². The molecule has 1 saturated heterocycles. The van der Waals surface area contributed by atoms with Gasteiger partial charge in [-0.3, -0.25) is 4.90 Å². The number of nitrogens with one attached hydrogen (secondary N) is 2. The number of thiophene rings is 1. The molecule has 1 aliphatic heterocycles. The predicted octanol–water partition coefficient (Wildman–Crippen LogP) is 3.53. The second kappa shape index (κ2) is 5.88. The average Bonchev–Trinajstić information content (AvgIpc) is 3.18. The lowest BCUT2D eigenvalue weighted by atomic mass is 9.99. The van der Waals surface area contributed by atoms with Gasteiger partial charge in [-0.05, 0) is 24.4 Å². The van der Waals surface area contributed by atoms with E-state index >= 15 is 0 Å². The summed E-state index contributed by atoms with van der Waals surface area (Å²) in [6, 6.07) is 13.5. The van der Waals surface area contributed by atoms with Gasteiger partial charge in [0.2, 0.25) is 0 Å². The Kier molecular flexibility index (Phi) is 3.74. The summed E-state index contributed by atoms with van der Waals surface area (Å²) in [5.41, 5.74) is 3.98. The van der Waals surface area contributed by atoms with Crippen LogP contribution < -0.4 is 5.32 Å². The molecule has 0 spiro atoms. The Morgan fingerprint density at radius 3 is 2.68 bits per heavy atom. The Bertz CT molecular complexity index is 754. The van der Waals surface area contributed by atoms with Crippen LogP contribution in [0.3, 0.4) is 0 Å². The third-order valence-electron chi connectivity index (χ3n) is 4.55. The van der Waals surface area contributed by atoms with Crippen molar-refractivity contribution >= 4 is 22.2 Å². The molecule has 4 rings (SSSR count). The molecule has 0 saturated carbocycles. The fourth-order valence-corrected chi connectivity index (χ4v) is 4.41. The summed E-state index contributed by atoms with van der Waals surface area (Å²) in [7, 11) is 0. The second-order valence-electron chi connectivity index (χ2n) is 5.91. The fourth-order valence-electron chi connectivity index (χ4n) is 3.54. The van der Waals surface area contributed by atoms with Gasteiger partial charge in [-0.1, -0.05) is 24.3 Å². The minimum absolute atomic E-state index is 0.359. The van der Waals surface area contributed by atoms with Gasteiger partial charge in [-0.15, -0.1) is 11.3 Å². The molecule has 1 aromatic carbocycles. The predicted molar refractivity (Wildman–Crippen MR) is 93.6 cm³/mol. The van der Waals surface area contributed by atoms with Crippen LogP contribution in [0, 0.1) is 6.92 Å². The number of fused-ring (bicyclic) bond motifs is 1. The molecule has 114 valence electrons. The zero-order chi connectivity index (χ0) is 14.9. The van der Waals surface area contributed by atoms with Gasteiger partial charge in [0.1, 0.15) is 0 Å². The number of H-pyrrole nitrogens is 1. The molecule has 0 amide bonds. The highest BCUT2D eigenvalue weighted by atomic mass is 32.1. The molecule has 1 atom stereocenters. The summed E-state index contributed by atoms with van der Waals surface area (Å²) in [4.78, 5) is 7.63. The van der Waals surface area contributed by atoms with Gasteiger partial charge in [-0.2, -0.15) is 0 Å². The van der Waals surface area contributed by atoms with E-state index in [1.807, 2.05) is 11.3 Å². The zero-order valence-corrected chi connectivity index (χ0v) is 13.6. The molecule has 1 fully saturated rings. The van der Waals surface area contributed by atoms with Crippen LogP contribution in [-0.4, -0.2) is 36.1 Å². The van der Waals surface area contributed by atoms with Crippen molar-refractivity contribution in [2.75, 3.05) is 26.2 Å². The van der Waals surface area contributed by atoms with Crippen molar-refractivity contribution in [1.82, 2.24) is 15.2 Å². The van der Waals surface area contributed by atoms with Gasteiger partial charge in [0.15, 0.2) is 0 Å². The first-order valence-electron chi connectivity index (χ1n) is 7.90. The van der Waals surface area contributed by atoms with Crippen LogP contribution in [0.5, 0.6) is 0 Å². The molecule has 0 radical (unpaired) electrons. The van der Waals surface area contributed by atoms with Gasteiger partial charge < -0.3 is 10.3 Å². The van der Waals surface area contributed by atoms with E-state index in [1.165, 1.54) is 27.0 Å². The van der Waals surface area contributed by atoms with Crippen molar-refractivity contribution in [1.29, 1.82) is 0 Å². The molecule has 3 heterocycles. The zero-order valence-electron chi connectivity index (χ0n) is 12.8. The molecular formula is C18H21N3S. The van der Waals surface area contributed by atoms with E-state index in [9.17, 15) is 0 Å². The van der Waals surface area contributed by atoms with E-state index in [0.717, 1.165) is 26.2 Å². The minimum Gasteiger partial charge on any atom is -0.358 e. The largest absolute Gasteiger partial charge is 0.358 e. The van der Waals surface area contributed by atoms with Crippen LogP contribution in [0.15, 0.2) is 41.8 Å². The summed E-state index contributed by atoms with van der Waals surface area (Å²) in [6.45, 7) is 6.55. The fraction of sp³-hybridized carbons (Fsp3) is 0.333. The first-order valence-corrected chi connectivity index (χ1v) is 8.78. The molecule has 1 aliphatic rings. The van der Waals surface area contributed by atoms with Gasteiger partial charge in [0.25, 0.3) is 0 Å². The van der Waals surface area contributed by atoms with Crippen molar-refractivity contribution in [2.24, 2.45) is 0 Å². The first-order chi connectivity index (χ1) is 10.8. The molecule has 2 N–H and O–H groups in total. The van der Waals surface area contributed by atoms with Crippen LogP contribution in [-0.2, 0) is 0 Å². The number of aryl methyl sites for hydroxylation is 1. The van der Waals surface area contributed by atoms with Crippen molar-refractivity contribution < 1.29 is 0 Å². The summed E-state index contributed by atoms with van der Waals surface area (Å²) < 4.78 is 0. The molecule has 3 nitrogen and oxygen atoms in total. The summed E-state index contributed by atoms with van der Waals surface area (Å²) in [5.74, 6) is 0. The molecule has 2 aromatic heterocycles. The number of rotatable bonds is 3. The summed E-state index contributed by atoms with van der Waals surface area (Å²) >= 11 is 1.86. The summed E-state index contributed by atoms with van der Waals surface area (Å²) in [6.07, 6.45) is 0. The molecule has 1 unspecified atom stereocenters. The third-order valence-corrected chi connectivity index (χ3v) is 5.47. The number of para-hydroxylation sites is 1. The van der Waals surface area contributed by atoms with Crippen molar-refractivity contribution in [2.45, 2.75) is 13.0 Å². The number of nitrogens with zero attached hydrogens (tertiary/aromatic N) is 1. The molecular weight excluding hydrogens is 290 g/mol. The first kappa shape index (κ1) is 14.0. The van der Waals surface area contributed by atoms with Crippen molar-refractivity contribution in [3.05, 3.63) is 57.9 Å². The van der Waals surface area contributed by atoms with E-state index in [-0.39, 0.29) is 0 Å². The molecule has 4 heteroatoms. The standard InChI is InChI=1S/C18H21N3S/c1-13-17(14-5-2-3-6-15(14)20-13)18(16-7-4-12-22-16)21-10-8-19-9-11-21/h2-7,12,18-20H,8-11H2,1H3. The Morgan fingerprint density at radius 1 is 1.09 bits per heavy atom. The SMILES string of the molecule is Cc1[nH]c2ccccc2c1C(c1cccs1)N1CCNCC1. The Morgan fingerprint density at radius 2 is 1.91 bits per heavy atom. The van der Waals surface area contributed by atoms with E-state index in [1.54, 1.807) is 0 Å². The van der Waals surface area contributed by atoms with Crippen LogP contribution in [0.4, 0.5) is 0 Å². The molecule has 0 bridgehead atoms. The number of aromatic nitrogens is 1. The van der Waals surface area contributed by atoms with Crippen LogP contribution >= 0.6 is 11.3 Å². The van der Waals surface area contributed by atoms with E-state index in [4.69, 9.17) is 0 Å². The second-order valence-corrected chi connectivity index (χ2v) is 6.89. The number of benzene rings is 1. The highest BCUT2D eigenvalue weighted by molar-refractivity contribution is 7.10. The highest BCUT2D eigenvalue weighted by Gasteiger charge is 2.28. The quantitative estimate of drug-likeness (QED) is 0.775. The van der Waals surface area contributed by atoms with Crippen molar-refractivity contribution in [3.8, 4) is 0 Å². The monoisotopic (exact) mass is 311 g/mol. The maximum absolute atomic E-state index is 3.57. The highest BCUT2D eigenvalue weighted by Crippen LogP contribution is 2.37. The van der Waals surface area contributed by atoms with Crippen LogP contribution in [0.2, 0.25) is 0 Å². The maximum Gasteiger partial charge on any atom is 0.0720 e. The van der Waals surface area contributed by atoms with E-state index < -0.39 is 0 Å². The Hall–Kier alpha value is -1.62. The Balaban J connectivity index is 1.87. The average molecular weight is 311 g/mol. The topological polar surface area (TPSA) is 31.1 Å². The minimum atomic E-state index is 0.359. The number of hydrogen-bond donors (Lipinski definition) is 2. The molecule has 3 aromatic rings. The van der Waals surface area contributed by atoms with Gasteiger partial charge >= 0.3 is 0 Å². The smallest absolute Gasteiger partial charge is 0.0720 e. The molecule has 0 aliphatic carbocycles. The third kappa shape index (κ3) is 2.37. The van der Waals surface area contributed by atoms with Gasteiger partial charge in [-0.25, -0.2) is 0 Å². The number of piperazine rings is 1. The van der Waals surface area contributed by atoms with Gasteiger partial charge in [0, 0.05) is 53.2 Å².